The molecule has 5 nitrogen and oxygen atoms in total. The van der Waals surface area contributed by atoms with Crippen molar-refractivity contribution in [3.05, 3.63) is 29.7 Å². The molecule has 2 heterocycles. The third kappa shape index (κ3) is 3.24. The van der Waals surface area contributed by atoms with Crippen LogP contribution in [0.1, 0.15) is 24.3 Å². The van der Waals surface area contributed by atoms with E-state index in [1.54, 1.807) is 0 Å². The second kappa shape index (κ2) is 6.26. The lowest BCUT2D eigenvalue weighted by atomic mass is 9.99. The first-order valence-corrected chi connectivity index (χ1v) is 7.57. The minimum Gasteiger partial charge on any atom is -0.441 e. The molecule has 3 rings (SSSR count). The monoisotopic (exact) mass is 287 g/mol. The molecule has 5 heteroatoms. The van der Waals surface area contributed by atoms with E-state index in [4.69, 9.17) is 4.42 Å². The summed E-state index contributed by atoms with van der Waals surface area (Å²) in [4.78, 5) is 16.5. The topological polar surface area (TPSA) is 67.2 Å². The molecule has 0 aliphatic carbocycles. The van der Waals surface area contributed by atoms with Gasteiger partial charge in [-0.2, -0.15) is 0 Å². The number of piperidine rings is 1. The number of carbonyl (C=O) groups excluding carboxylic acids is 1. The van der Waals surface area contributed by atoms with Gasteiger partial charge in [0.25, 0.3) is 0 Å². The predicted molar refractivity (Wildman–Crippen MR) is 81.1 cm³/mol. The Hall–Kier alpha value is -1.88. The van der Waals surface area contributed by atoms with E-state index in [-0.39, 0.29) is 11.8 Å². The predicted octanol–water partition coefficient (Wildman–Crippen LogP) is 1.79. The van der Waals surface area contributed by atoms with E-state index >= 15 is 0 Å². The molecule has 0 saturated carbocycles. The summed E-state index contributed by atoms with van der Waals surface area (Å²) in [5.74, 6) is 0.917. The number of carbonyl (C=O) groups is 1. The fraction of sp³-hybridized carbons (Fsp3) is 0.500. The van der Waals surface area contributed by atoms with Gasteiger partial charge in [0.05, 0.1) is 5.92 Å². The molecule has 21 heavy (non-hydrogen) atoms. The molecule has 1 aromatic carbocycles. The smallest absolute Gasteiger partial charge is 0.224 e. The highest BCUT2D eigenvalue weighted by Crippen LogP contribution is 2.19. The van der Waals surface area contributed by atoms with Crippen LogP contribution in [0.4, 0.5) is 0 Å². The van der Waals surface area contributed by atoms with Crippen LogP contribution in [-0.4, -0.2) is 30.5 Å². The second-order valence-corrected chi connectivity index (χ2v) is 5.61. The van der Waals surface area contributed by atoms with Crippen molar-refractivity contribution in [2.75, 3.05) is 19.6 Å². The average molecular weight is 287 g/mol. The van der Waals surface area contributed by atoms with Gasteiger partial charge < -0.3 is 15.1 Å². The third-order valence-electron chi connectivity index (χ3n) is 3.97. The van der Waals surface area contributed by atoms with E-state index in [2.05, 4.69) is 15.6 Å². The summed E-state index contributed by atoms with van der Waals surface area (Å²) in [6, 6.07) is 5.90. The van der Waals surface area contributed by atoms with Crippen molar-refractivity contribution in [3.63, 3.8) is 0 Å². The van der Waals surface area contributed by atoms with Gasteiger partial charge in [-0.05, 0) is 37.9 Å². The molecular formula is C16H21N3O2. The number of nitrogens with zero attached hydrogens (tertiary/aromatic N) is 1. The van der Waals surface area contributed by atoms with Crippen LogP contribution < -0.4 is 10.6 Å². The van der Waals surface area contributed by atoms with E-state index in [0.717, 1.165) is 42.6 Å². The van der Waals surface area contributed by atoms with Gasteiger partial charge in [-0.1, -0.05) is 12.1 Å². The Labute approximate surface area is 124 Å². The molecule has 1 unspecified atom stereocenters. The maximum atomic E-state index is 12.0. The number of hydrogen-bond acceptors (Lipinski definition) is 4. The molecule has 1 saturated heterocycles. The normalized spacial score (nSPS) is 18.8. The molecule has 1 aromatic heterocycles. The average Bonchev–Trinajstić information content (AvgIpc) is 2.92. The van der Waals surface area contributed by atoms with Gasteiger partial charge >= 0.3 is 0 Å². The van der Waals surface area contributed by atoms with Crippen LogP contribution in [0.5, 0.6) is 0 Å². The van der Waals surface area contributed by atoms with Gasteiger partial charge in [-0.15, -0.1) is 0 Å². The molecule has 2 N–H and O–H groups in total. The van der Waals surface area contributed by atoms with Gasteiger partial charge in [-0.25, -0.2) is 4.98 Å². The quantitative estimate of drug-likeness (QED) is 0.899. The fourth-order valence-electron chi connectivity index (χ4n) is 2.75. The fourth-order valence-corrected chi connectivity index (χ4v) is 2.75. The summed E-state index contributed by atoms with van der Waals surface area (Å²) in [6.45, 7) is 4.40. The first kappa shape index (κ1) is 14.1. The van der Waals surface area contributed by atoms with Crippen molar-refractivity contribution in [1.29, 1.82) is 0 Å². The molecule has 1 atom stereocenters. The molecule has 112 valence electrons. The molecule has 1 aliphatic rings. The Morgan fingerprint density at radius 3 is 3.19 bits per heavy atom. The number of aromatic nitrogens is 1. The number of nitrogens with one attached hydrogen (secondary N) is 2. The molecule has 1 amide bonds. The van der Waals surface area contributed by atoms with Gasteiger partial charge in [0, 0.05) is 19.5 Å². The number of hydrogen-bond donors (Lipinski definition) is 2. The number of oxazole rings is 1. The lowest BCUT2D eigenvalue weighted by Gasteiger charge is -2.21. The Kier molecular flexibility index (Phi) is 4.20. The molecule has 1 fully saturated rings. The minimum absolute atomic E-state index is 0.102. The van der Waals surface area contributed by atoms with Gasteiger partial charge in [0.2, 0.25) is 5.91 Å². The van der Waals surface area contributed by atoms with E-state index in [1.165, 1.54) is 0 Å². The number of para-hydroxylation sites is 1. The lowest BCUT2D eigenvalue weighted by molar-refractivity contribution is -0.125. The van der Waals surface area contributed by atoms with Crippen LogP contribution in [0.15, 0.2) is 22.6 Å². The zero-order chi connectivity index (χ0) is 14.7. The van der Waals surface area contributed by atoms with Crippen molar-refractivity contribution in [3.8, 4) is 0 Å². The summed E-state index contributed by atoms with van der Waals surface area (Å²) in [5.41, 5.74) is 2.84. The van der Waals surface area contributed by atoms with Crippen LogP contribution >= 0.6 is 0 Å². The number of amides is 1. The van der Waals surface area contributed by atoms with E-state index in [1.807, 2.05) is 25.1 Å². The third-order valence-corrected chi connectivity index (χ3v) is 3.97. The molecule has 2 aromatic rings. The van der Waals surface area contributed by atoms with Crippen LogP contribution in [-0.2, 0) is 11.2 Å². The molecule has 0 spiro atoms. The van der Waals surface area contributed by atoms with Crippen molar-refractivity contribution < 1.29 is 9.21 Å². The Bertz CT molecular complexity index is 629. The Morgan fingerprint density at radius 1 is 1.52 bits per heavy atom. The van der Waals surface area contributed by atoms with E-state index in [0.29, 0.717) is 18.9 Å². The molecule has 1 aliphatic heterocycles. The largest absolute Gasteiger partial charge is 0.441 e. The number of benzene rings is 1. The second-order valence-electron chi connectivity index (χ2n) is 5.61. The van der Waals surface area contributed by atoms with Crippen molar-refractivity contribution in [2.24, 2.45) is 5.92 Å². The summed E-state index contributed by atoms with van der Waals surface area (Å²) in [6.07, 6.45) is 2.67. The van der Waals surface area contributed by atoms with Gasteiger partial charge in [-0.3, -0.25) is 4.79 Å². The summed E-state index contributed by atoms with van der Waals surface area (Å²) < 4.78 is 5.70. The number of rotatable bonds is 4. The van der Waals surface area contributed by atoms with Gasteiger partial charge in [0.1, 0.15) is 5.52 Å². The Morgan fingerprint density at radius 2 is 2.43 bits per heavy atom. The molecule has 0 bridgehead atoms. The molecular weight excluding hydrogens is 266 g/mol. The zero-order valence-corrected chi connectivity index (χ0v) is 12.3. The first-order valence-electron chi connectivity index (χ1n) is 7.57. The maximum Gasteiger partial charge on any atom is 0.224 e. The standard InChI is InChI=1S/C16H21N3O2/c1-11-4-2-6-13-15(11)19-14(21-13)7-9-18-16(20)12-5-3-8-17-10-12/h2,4,6,12,17H,3,5,7-10H2,1H3,(H,18,20). The highest BCUT2D eigenvalue weighted by atomic mass is 16.3. The van der Waals surface area contributed by atoms with E-state index in [9.17, 15) is 4.79 Å². The SMILES string of the molecule is Cc1cccc2oc(CCNC(=O)C3CCCNC3)nc12. The lowest BCUT2D eigenvalue weighted by Crippen LogP contribution is -2.41. The van der Waals surface area contributed by atoms with Crippen LogP contribution in [0.3, 0.4) is 0 Å². The summed E-state index contributed by atoms with van der Waals surface area (Å²) >= 11 is 0. The number of aryl methyl sites for hydroxylation is 1. The van der Waals surface area contributed by atoms with Crippen LogP contribution in [0, 0.1) is 12.8 Å². The first-order chi connectivity index (χ1) is 10.2. The zero-order valence-electron chi connectivity index (χ0n) is 12.3. The van der Waals surface area contributed by atoms with Gasteiger partial charge in [0.15, 0.2) is 11.5 Å². The minimum atomic E-state index is 0.102. The summed E-state index contributed by atoms with van der Waals surface area (Å²) in [5, 5.41) is 6.24. The van der Waals surface area contributed by atoms with Crippen molar-refractivity contribution >= 4 is 17.0 Å². The maximum absolute atomic E-state index is 12.0. The van der Waals surface area contributed by atoms with Crippen molar-refractivity contribution in [2.45, 2.75) is 26.2 Å². The molecule has 0 radical (unpaired) electrons. The highest BCUT2D eigenvalue weighted by molar-refractivity contribution is 5.79. The number of fused-ring (bicyclic) bond motifs is 1. The Balaban J connectivity index is 1.54. The summed E-state index contributed by atoms with van der Waals surface area (Å²) in [7, 11) is 0. The van der Waals surface area contributed by atoms with Crippen LogP contribution in [0.25, 0.3) is 11.1 Å². The van der Waals surface area contributed by atoms with Crippen molar-refractivity contribution in [1.82, 2.24) is 15.6 Å². The van der Waals surface area contributed by atoms with Crippen LogP contribution in [0.2, 0.25) is 0 Å². The highest BCUT2D eigenvalue weighted by Gasteiger charge is 2.20. The van der Waals surface area contributed by atoms with E-state index < -0.39 is 0 Å².